The Kier molecular flexibility index (Phi) is 6.33. The van der Waals surface area contributed by atoms with Crippen molar-refractivity contribution >= 4 is 22.7 Å². The molecule has 1 aliphatic rings. The fourth-order valence-corrected chi connectivity index (χ4v) is 6.46. The number of fused-ring (bicyclic) bond motifs is 2. The van der Waals surface area contributed by atoms with Crippen LogP contribution in [0.15, 0.2) is 79.3 Å². The zero-order chi connectivity index (χ0) is 16.8. The highest BCUT2D eigenvalue weighted by molar-refractivity contribution is 8.05. The first kappa shape index (κ1) is 17.5. The Labute approximate surface area is 152 Å². The lowest BCUT2D eigenvalue weighted by Crippen LogP contribution is -2.08. The van der Waals surface area contributed by atoms with E-state index in [1.807, 2.05) is 11.8 Å². The maximum Gasteiger partial charge on any atom is 0.179 e. The van der Waals surface area contributed by atoms with Crippen molar-refractivity contribution in [2.24, 2.45) is 0 Å². The lowest BCUT2D eigenvalue weighted by Gasteiger charge is -2.16. The number of hydrogen-bond acceptors (Lipinski definition) is 2. The first-order chi connectivity index (χ1) is 11.8. The average Bonchev–Trinajstić information content (AvgIpc) is 2.61. The standard InChI is InChI=1S/C21H24OS2/c1-2-3-4-5-6-11-17(22)16-24-20-14-9-7-12-18(20)23-19-13-8-10-15-21(19)24/h7-10,12-16H,2-6,11H2,1H3/p+1/b17-16-. The Hall–Kier alpha value is -1.32. The van der Waals surface area contributed by atoms with Gasteiger partial charge >= 0.3 is 0 Å². The summed E-state index contributed by atoms with van der Waals surface area (Å²) in [5.74, 6) is 0.548. The molecule has 0 fully saturated rings. The maximum absolute atomic E-state index is 10.5. The molecular weight excluding hydrogens is 332 g/mol. The summed E-state index contributed by atoms with van der Waals surface area (Å²) in [6, 6.07) is 17.2. The van der Waals surface area contributed by atoms with Gasteiger partial charge in [-0.15, -0.1) is 0 Å². The topological polar surface area (TPSA) is 20.2 Å². The Morgan fingerprint density at radius 3 is 2.12 bits per heavy atom. The van der Waals surface area contributed by atoms with Crippen LogP contribution in [0.5, 0.6) is 0 Å². The van der Waals surface area contributed by atoms with Crippen LogP contribution in [0, 0.1) is 0 Å². The molecule has 0 radical (unpaired) electrons. The monoisotopic (exact) mass is 357 g/mol. The van der Waals surface area contributed by atoms with Gasteiger partial charge in [0, 0.05) is 6.42 Å². The van der Waals surface area contributed by atoms with Gasteiger partial charge < -0.3 is 5.11 Å². The van der Waals surface area contributed by atoms with E-state index in [0.29, 0.717) is 5.76 Å². The molecule has 0 saturated carbocycles. The summed E-state index contributed by atoms with van der Waals surface area (Å²) in [6.07, 6.45) is 6.92. The molecule has 24 heavy (non-hydrogen) atoms. The minimum atomic E-state index is -0.166. The Morgan fingerprint density at radius 2 is 1.50 bits per heavy atom. The van der Waals surface area contributed by atoms with Gasteiger partial charge in [0.25, 0.3) is 0 Å². The lowest BCUT2D eigenvalue weighted by atomic mass is 10.1. The number of allylic oxidation sites excluding steroid dienone is 1. The third-order valence-electron chi connectivity index (χ3n) is 4.18. The zero-order valence-corrected chi connectivity index (χ0v) is 15.8. The molecule has 126 valence electrons. The van der Waals surface area contributed by atoms with Gasteiger partial charge in [0.2, 0.25) is 0 Å². The molecule has 2 aromatic rings. The maximum atomic E-state index is 10.5. The molecule has 2 aromatic carbocycles. The molecule has 3 heteroatoms. The Morgan fingerprint density at radius 1 is 0.917 bits per heavy atom. The van der Waals surface area contributed by atoms with Crippen LogP contribution in [0.1, 0.15) is 45.4 Å². The highest BCUT2D eigenvalue weighted by Crippen LogP contribution is 2.46. The van der Waals surface area contributed by atoms with Crippen LogP contribution in [0.3, 0.4) is 0 Å². The number of rotatable bonds is 7. The number of aliphatic hydroxyl groups excluding tert-OH is 1. The summed E-state index contributed by atoms with van der Waals surface area (Å²) in [5, 5.41) is 12.6. The number of benzene rings is 2. The summed E-state index contributed by atoms with van der Waals surface area (Å²) < 4.78 is 0. The third-order valence-corrected chi connectivity index (χ3v) is 7.76. The molecule has 0 aliphatic carbocycles. The van der Waals surface area contributed by atoms with Crippen LogP contribution < -0.4 is 0 Å². The number of hydrogen-bond donors (Lipinski definition) is 1. The van der Waals surface area contributed by atoms with Crippen LogP contribution in [0.2, 0.25) is 0 Å². The second kappa shape index (κ2) is 8.68. The highest BCUT2D eigenvalue weighted by atomic mass is 32.2. The van der Waals surface area contributed by atoms with E-state index in [2.05, 4.69) is 60.9 Å². The molecule has 0 bridgehead atoms. The molecule has 0 unspecified atom stereocenters. The fraction of sp³-hybridized carbons (Fsp3) is 0.333. The zero-order valence-electron chi connectivity index (χ0n) is 14.2. The SMILES string of the molecule is CCCCCCC/C(O)=C/[S+]1c2ccccc2Sc2ccccc21. The Bertz CT molecular complexity index is 663. The van der Waals surface area contributed by atoms with Gasteiger partial charge in [0.15, 0.2) is 15.2 Å². The van der Waals surface area contributed by atoms with Crippen LogP contribution in [0.25, 0.3) is 0 Å². The predicted molar refractivity (Wildman–Crippen MR) is 105 cm³/mol. The van der Waals surface area contributed by atoms with Crippen LogP contribution in [-0.2, 0) is 10.9 Å². The summed E-state index contributed by atoms with van der Waals surface area (Å²) in [7, 11) is -0.166. The number of unbranched alkanes of at least 4 members (excludes halogenated alkanes) is 4. The summed E-state index contributed by atoms with van der Waals surface area (Å²) >= 11 is 1.84. The van der Waals surface area contributed by atoms with Crippen molar-refractivity contribution in [3.05, 3.63) is 59.7 Å². The molecule has 1 heterocycles. The van der Waals surface area contributed by atoms with Gasteiger partial charge in [-0.05, 0) is 30.7 Å². The van der Waals surface area contributed by atoms with E-state index in [-0.39, 0.29) is 10.9 Å². The first-order valence-corrected chi connectivity index (χ1v) is 10.9. The summed E-state index contributed by atoms with van der Waals surface area (Å²) in [6.45, 7) is 2.23. The molecule has 0 saturated heterocycles. The van der Waals surface area contributed by atoms with E-state index < -0.39 is 0 Å². The van der Waals surface area contributed by atoms with Crippen molar-refractivity contribution in [1.29, 1.82) is 0 Å². The normalized spacial score (nSPS) is 14.3. The van der Waals surface area contributed by atoms with Gasteiger partial charge in [0.05, 0.1) is 20.7 Å². The quantitative estimate of drug-likeness (QED) is 0.329. The molecule has 3 rings (SSSR count). The van der Waals surface area contributed by atoms with Gasteiger partial charge in [0.1, 0.15) is 5.76 Å². The van der Waals surface area contributed by atoms with E-state index in [4.69, 9.17) is 0 Å². The summed E-state index contributed by atoms with van der Waals surface area (Å²) in [4.78, 5) is 5.29. The van der Waals surface area contributed by atoms with Crippen molar-refractivity contribution in [2.75, 3.05) is 0 Å². The predicted octanol–water partition coefficient (Wildman–Crippen LogP) is 6.95. The molecule has 0 spiro atoms. The fourth-order valence-electron chi connectivity index (χ4n) is 2.90. The minimum Gasteiger partial charge on any atom is -0.508 e. The molecule has 0 aromatic heterocycles. The molecule has 0 atom stereocenters. The van der Waals surface area contributed by atoms with Gasteiger partial charge in [-0.2, -0.15) is 0 Å². The largest absolute Gasteiger partial charge is 0.508 e. The van der Waals surface area contributed by atoms with Gasteiger partial charge in [-0.1, -0.05) is 68.6 Å². The van der Waals surface area contributed by atoms with Crippen molar-refractivity contribution in [3.8, 4) is 0 Å². The molecule has 1 aliphatic heterocycles. The van der Waals surface area contributed by atoms with Crippen molar-refractivity contribution in [3.63, 3.8) is 0 Å². The van der Waals surface area contributed by atoms with E-state index in [1.165, 1.54) is 45.3 Å². The van der Waals surface area contributed by atoms with E-state index in [9.17, 15) is 5.11 Å². The Balaban J connectivity index is 1.78. The van der Waals surface area contributed by atoms with E-state index in [1.54, 1.807) is 0 Å². The summed E-state index contributed by atoms with van der Waals surface area (Å²) in [5.41, 5.74) is 0. The van der Waals surface area contributed by atoms with E-state index in [0.717, 1.165) is 12.8 Å². The van der Waals surface area contributed by atoms with Crippen molar-refractivity contribution in [2.45, 2.75) is 65.0 Å². The number of aliphatic hydroxyl groups is 1. The third kappa shape index (κ3) is 4.20. The van der Waals surface area contributed by atoms with E-state index >= 15 is 0 Å². The molecular formula is C21H25OS2+. The molecule has 1 nitrogen and oxygen atoms in total. The van der Waals surface area contributed by atoms with Crippen molar-refractivity contribution < 1.29 is 5.11 Å². The lowest BCUT2D eigenvalue weighted by molar-refractivity contribution is 0.382. The molecule has 0 amide bonds. The highest BCUT2D eigenvalue weighted by Gasteiger charge is 2.34. The minimum absolute atomic E-state index is 0.166. The van der Waals surface area contributed by atoms with Crippen LogP contribution >= 0.6 is 11.8 Å². The second-order valence-electron chi connectivity index (χ2n) is 6.11. The second-order valence-corrected chi connectivity index (χ2v) is 8.98. The van der Waals surface area contributed by atoms with Gasteiger partial charge in [-0.3, -0.25) is 0 Å². The van der Waals surface area contributed by atoms with Crippen LogP contribution in [-0.4, -0.2) is 5.11 Å². The smallest absolute Gasteiger partial charge is 0.179 e. The first-order valence-electron chi connectivity index (χ1n) is 8.78. The van der Waals surface area contributed by atoms with Crippen LogP contribution in [0.4, 0.5) is 0 Å². The molecule has 1 N–H and O–H groups in total. The van der Waals surface area contributed by atoms with Crippen molar-refractivity contribution in [1.82, 2.24) is 0 Å². The van der Waals surface area contributed by atoms with Gasteiger partial charge in [-0.25, -0.2) is 0 Å². The average molecular weight is 358 g/mol.